The minimum Gasteiger partial charge on any atom is -0.508 e. The highest BCUT2D eigenvalue weighted by molar-refractivity contribution is 9.10. The summed E-state index contributed by atoms with van der Waals surface area (Å²) in [5.74, 6) is 0.336. The Labute approximate surface area is 124 Å². The monoisotopic (exact) mass is 326 g/mol. The van der Waals surface area contributed by atoms with Crippen LogP contribution in [0.15, 0.2) is 22.7 Å². The standard InChI is InChI=1S/C15H23BrN2O/c1-15(2,3)14(18-8-6-17-7-9-18)12-10-11(19)4-5-13(12)16/h4-5,10,14,17,19H,6-9H2,1-3H3/t14-/m0/s1. The maximum atomic E-state index is 9.80. The molecule has 19 heavy (non-hydrogen) atoms. The Morgan fingerprint density at radius 3 is 2.47 bits per heavy atom. The van der Waals surface area contributed by atoms with Crippen LogP contribution in [0.3, 0.4) is 0 Å². The molecule has 1 fully saturated rings. The lowest BCUT2D eigenvalue weighted by atomic mass is 9.81. The quantitative estimate of drug-likeness (QED) is 0.876. The highest BCUT2D eigenvalue weighted by Gasteiger charge is 2.33. The second-order valence-electron chi connectivity index (χ2n) is 6.26. The van der Waals surface area contributed by atoms with Crippen molar-refractivity contribution in [1.82, 2.24) is 10.2 Å². The predicted molar refractivity (Wildman–Crippen MR) is 82.4 cm³/mol. The Balaban J connectivity index is 2.39. The fourth-order valence-electron chi connectivity index (χ4n) is 2.89. The molecular weight excluding hydrogens is 304 g/mol. The van der Waals surface area contributed by atoms with Gasteiger partial charge in [-0.05, 0) is 29.2 Å². The third kappa shape index (κ3) is 3.50. The summed E-state index contributed by atoms with van der Waals surface area (Å²) in [5.41, 5.74) is 1.29. The molecule has 106 valence electrons. The van der Waals surface area contributed by atoms with Crippen molar-refractivity contribution in [2.24, 2.45) is 5.41 Å². The van der Waals surface area contributed by atoms with E-state index in [0.29, 0.717) is 11.8 Å². The fraction of sp³-hybridized carbons (Fsp3) is 0.600. The molecule has 1 aliphatic rings. The zero-order chi connectivity index (χ0) is 14.0. The first-order valence-corrected chi connectivity index (χ1v) is 7.62. The minimum atomic E-state index is 0.119. The highest BCUT2D eigenvalue weighted by Crippen LogP contribution is 2.42. The van der Waals surface area contributed by atoms with Gasteiger partial charge in [0.15, 0.2) is 0 Å². The molecule has 0 radical (unpaired) electrons. The molecule has 1 aromatic rings. The van der Waals surface area contributed by atoms with E-state index in [-0.39, 0.29) is 5.41 Å². The molecule has 1 aliphatic heterocycles. The average Bonchev–Trinajstić information content (AvgIpc) is 2.33. The largest absolute Gasteiger partial charge is 0.508 e. The van der Waals surface area contributed by atoms with Gasteiger partial charge in [0.25, 0.3) is 0 Å². The molecule has 0 spiro atoms. The molecule has 0 aromatic heterocycles. The van der Waals surface area contributed by atoms with Crippen LogP contribution >= 0.6 is 15.9 Å². The Kier molecular flexibility index (Phi) is 4.54. The molecule has 0 amide bonds. The number of phenols is 1. The van der Waals surface area contributed by atoms with E-state index >= 15 is 0 Å². The Bertz CT molecular complexity index is 436. The first-order valence-electron chi connectivity index (χ1n) is 6.83. The maximum absolute atomic E-state index is 9.80. The first-order chi connectivity index (χ1) is 8.89. The molecular formula is C15H23BrN2O. The van der Waals surface area contributed by atoms with E-state index in [9.17, 15) is 5.11 Å². The van der Waals surface area contributed by atoms with Gasteiger partial charge in [-0.15, -0.1) is 0 Å². The number of aromatic hydroxyl groups is 1. The van der Waals surface area contributed by atoms with Gasteiger partial charge in [-0.25, -0.2) is 0 Å². The molecule has 1 heterocycles. The molecule has 3 nitrogen and oxygen atoms in total. The van der Waals surface area contributed by atoms with Crippen LogP contribution < -0.4 is 5.32 Å². The molecule has 2 N–H and O–H groups in total. The molecule has 1 atom stereocenters. The van der Waals surface area contributed by atoms with E-state index < -0.39 is 0 Å². The van der Waals surface area contributed by atoms with Crippen molar-refractivity contribution in [2.45, 2.75) is 26.8 Å². The molecule has 1 saturated heterocycles. The molecule has 2 rings (SSSR count). The van der Waals surface area contributed by atoms with E-state index in [1.165, 1.54) is 5.56 Å². The van der Waals surface area contributed by atoms with Crippen LogP contribution in [0.5, 0.6) is 5.75 Å². The van der Waals surface area contributed by atoms with Crippen LogP contribution in [-0.2, 0) is 0 Å². The number of nitrogens with one attached hydrogen (secondary N) is 1. The average molecular weight is 327 g/mol. The second kappa shape index (κ2) is 5.81. The van der Waals surface area contributed by atoms with Crippen LogP contribution in [0.1, 0.15) is 32.4 Å². The number of rotatable bonds is 2. The number of hydrogen-bond donors (Lipinski definition) is 2. The van der Waals surface area contributed by atoms with Gasteiger partial charge >= 0.3 is 0 Å². The van der Waals surface area contributed by atoms with Gasteiger partial charge in [-0.1, -0.05) is 36.7 Å². The van der Waals surface area contributed by atoms with E-state index in [4.69, 9.17) is 0 Å². The summed E-state index contributed by atoms with van der Waals surface area (Å²) in [5, 5.41) is 13.2. The fourth-order valence-corrected chi connectivity index (χ4v) is 3.36. The van der Waals surface area contributed by atoms with Gasteiger partial charge in [0.1, 0.15) is 5.75 Å². The van der Waals surface area contributed by atoms with Gasteiger partial charge in [0.05, 0.1) is 0 Å². The van der Waals surface area contributed by atoms with Crippen LogP contribution in [0.4, 0.5) is 0 Å². The van der Waals surface area contributed by atoms with Gasteiger partial charge in [-0.2, -0.15) is 0 Å². The van der Waals surface area contributed by atoms with E-state index in [1.54, 1.807) is 6.07 Å². The Hall–Kier alpha value is -0.580. The number of halogens is 1. The van der Waals surface area contributed by atoms with Crippen molar-refractivity contribution >= 4 is 15.9 Å². The summed E-state index contributed by atoms with van der Waals surface area (Å²) in [4.78, 5) is 2.51. The normalized spacial score (nSPS) is 19.4. The van der Waals surface area contributed by atoms with Gasteiger partial charge in [0.2, 0.25) is 0 Å². The topological polar surface area (TPSA) is 35.5 Å². The predicted octanol–water partition coefficient (Wildman–Crippen LogP) is 3.15. The number of benzene rings is 1. The summed E-state index contributed by atoms with van der Waals surface area (Å²) in [6.45, 7) is 10.9. The summed E-state index contributed by atoms with van der Waals surface area (Å²) in [6, 6.07) is 5.86. The SMILES string of the molecule is CC(C)(C)[C@H](c1cc(O)ccc1Br)N1CCNCC1. The number of hydrogen-bond acceptors (Lipinski definition) is 3. The van der Waals surface area contributed by atoms with Gasteiger partial charge in [-0.3, -0.25) is 4.90 Å². The maximum Gasteiger partial charge on any atom is 0.115 e. The zero-order valence-corrected chi connectivity index (χ0v) is 13.5. The molecule has 0 aliphatic carbocycles. The van der Waals surface area contributed by atoms with Crippen LogP contribution in [-0.4, -0.2) is 36.2 Å². The lowest BCUT2D eigenvalue weighted by Crippen LogP contribution is -2.48. The number of nitrogens with zero attached hydrogens (tertiary/aromatic N) is 1. The second-order valence-corrected chi connectivity index (χ2v) is 7.11. The number of phenolic OH excluding ortho intramolecular Hbond substituents is 1. The van der Waals surface area contributed by atoms with Crippen molar-refractivity contribution in [2.75, 3.05) is 26.2 Å². The third-order valence-electron chi connectivity index (χ3n) is 3.61. The van der Waals surface area contributed by atoms with Crippen molar-refractivity contribution in [3.63, 3.8) is 0 Å². The number of piperazine rings is 1. The summed E-state index contributed by atoms with van der Waals surface area (Å²) in [6.07, 6.45) is 0. The third-order valence-corrected chi connectivity index (χ3v) is 4.33. The van der Waals surface area contributed by atoms with Gasteiger partial charge in [0, 0.05) is 36.7 Å². The molecule has 4 heteroatoms. The lowest BCUT2D eigenvalue weighted by molar-refractivity contribution is 0.0856. The zero-order valence-electron chi connectivity index (χ0n) is 11.9. The van der Waals surface area contributed by atoms with E-state index in [2.05, 4.69) is 46.9 Å². The summed E-state index contributed by atoms with van der Waals surface area (Å²) >= 11 is 3.64. The van der Waals surface area contributed by atoms with Crippen LogP contribution in [0.25, 0.3) is 0 Å². The minimum absolute atomic E-state index is 0.119. The van der Waals surface area contributed by atoms with Crippen molar-refractivity contribution < 1.29 is 5.11 Å². The van der Waals surface area contributed by atoms with Crippen LogP contribution in [0, 0.1) is 5.41 Å². The van der Waals surface area contributed by atoms with Crippen LogP contribution in [0.2, 0.25) is 0 Å². The smallest absolute Gasteiger partial charge is 0.115 e. The van der Waals surface area contributed by atoms with E-state index in [0.717, 1.165) is 30.7 Å². The van der Waals surface area contributed by atoms with Crippen molar-refractivity contribution in [1.29, 1.82) is 0 Å². The molecule has 0 unspecified atom stereocenters. The molecule has 1 aromatic carbocycles. The molecule has 0 bridgehead atoms. The summed E-state index contributed by atoms with van der Waals surface area (Å²) < 4.78 is 1.07. The van der Waals surface area contributed by atoms with Gasteiger partial charge < -0.3 is 10.4 Å². The Morgan fingerprint density at radius 1 is 1.26 bits per heavy atom. The first kappa shape index (κ1) is 14.8. The lowest BCUT2D eigenvalue weighted by Gasteiger charge is -2.43. The van der Waals surface area contributed by atoms with Crippen molar-refractivity contribution in [3.05, 3.63) is 28.2 Å². The summed E-state index contributed by atoms with van der Waals surface area (Å²) in [7, 11) is 0. The molecule has 0 saturated carbocycles. The van der Waals surface area contributed by atoms with Crippen molar-refractivity contribution in [3.8, 4) is 5.75 Å². The highest BCUT2D eigenvalue weighted by atomic mass is 79.9. The van der Waals surface area contributed by atoms with E-state index in [1.807, 2.05) is 12.1 Å². The Morgan fingerprint density at radius 2 is 1.89 bits per heavy atom.